The molecule has 1 fully saturated rings. The molecule has 0 bridgehead atoms. The van der Waals surface area contributed by atoms with Crippen molar-refractivity contribution in [3.05, 3.63) is 71.9 Å². The third kappa shape index (κ3) is 5.94. The van der Waals surface area contributed by atoms with Crippen molar-refractivity contribution in [1.29, 1.82) is 0 Å². The maximum atomic E-state index is 9.10. The zero-order valence-electron chi connectivity index (χ0n) is 16.9. The van der Waals surface area contributed by atoms with E-state index in [1.165, 1.54) is 47.7 Å². The van der Waals surface area contributed by atoms with Crippen LogP contribution in [0.5, 0.6) is 0 Å². The average Bonchev–Trinajstić information content (AvgIpc) is 3.18. The summed E-state index contributed by atoms with van der Waals surface area (Å²) in [6, 6.07) is 20.3. The van der Waals surface area contributed by atoms with E-state index >= 15 is 0 Å². The van der Waals surface area contributed by atoms with E-state index in [0.717, 1.165) is 18.9 Å². The SMILES string of the molecule is O=C(O)C(=O)O.c1ccc(C2CCC(NCCc3c[nH]c4ccccc34)CC2)cc1. The molecule has 6 heteroatoms. The van der Waals surface area contributed by atoms with Crippen molar-refractivity contribution in [3.63, 3.8) is 0 Å². The van der Waals surface area contributed by atoms with Crippen LogP contribution < -0.4 is 5.32 Å². The second-order valence-corrected chi connectivity index (χ2v) is 7.63. The third-order valence-electron chi connectivity index (χ3n) is 5.68. The third-order valence-corrected chi connectivity index (χ3v) is 5.68. The number of benzene rings is 2. The fourth-order valence-corrected chi connectivity index (χ4v) is 4.11. The first kappa shape index (κ1) is 21.6. The van der Waals surface area contributed by atoms with Crippen LogP contribution >= 0.6 is 0 Å². The molecule has 0 unspecified atom stereocenters. The first-order valence-corrected chi connectivity index (χ1v) is 10.3. The van der Waals surface area contributed by atoms with E-state index in [2.05, 4.69) is 71.1 Å². The van der Waals surface area contributed by atoms with Gasteiger partial charge in [0.1, 0.15) is 0 Å². The van der Waals surface area contributed by atoms with Crippen molar-refractivity contribution < 1.29 is 19.8 Å². The minimum atomic E-state index is -1.82. The number of hydrogen-bond donors (Lipinski definition) is 4. The normalized spacial score (nSPS) is 18.4. The number of hydrogen-bond acceptors (Lipinski definition) is 3. The molecule has 0 radical (unpaired) electrons. The summed E-state index contributed by atoms with van der Waals surface area (Å²) in [5, 5.41) is 19.9. The highest BCUT2D eigenvalue weighted by Gasteiger charge is 2.21. The molecule has 4 rings (SSSR count). The van der Waals surface area contributed by atoms with Crippen molar-refractivity contribution in [2.24, 2.45) is 0 Å². The lowest BCUT2D eigenvalue weighted by Crippen LogP contribution is -2.34. The first-order chi connectivity index (χ1) is 14.5. The molecule has 30 heavy (non-hydrogen) atoms. The van der Waals surface area contributed by atoms with Gasteiger partial charge in [0.15, 0.2) is 0 Å². The van der Waals surface area contributed by atoms with Gasteiger partial charge in [-0.05, 0) is 61.8 Å². The largest absolute Gasteiger partial charge is 0.473 e. The van der Waals surface area contributed by atoms with Gasteiger partial charge in [-0.3, -0.25) is 0 Å². The Morgan fingerprint density at radius 2 is 1.53 bits per heavy atom. The predicted molar refractivity (Wildman–Crippen MR) is 117 cm³/mol. The zero-order chi connectivity index (χ0) is 21.3. The van der Waals surface area contributed by atoms with Crippen molar-refractivity contribution in [2.45, 2.75) is 44.1 Å². The zero-order valence-corrected chi connectivity index (χ0v) is 16.9. The van der Waals surface area contributed by atoms with Gasteiger partial charge in [0.2, 0.25) is 0 Å². The molecule has 0 amide bonds. The van der Waals surface area contributed by atoms with Gasteiger partial charge in [-0.1, -0.05) is 48.5 Å². The fourth-order valence-electron chi connectivity index (χ4n) is 4.11. The van der Waals surface area contributed by atoms with Crippen LogP contribution in [0.2, 0.25) is 0 Å². The first-order valence-electron chi connectivity index (χ1n) is 10.3. The Balaban J connectivity index is 0.000000377. The topological polar surface area (TPSA) is 102 Å². The number of aromatic nitrogens is 1. The van der Waals surface area contributed by atoms with Crippen molar-refractivity contribution in [2.75, 3.05) is 6.54 Å². The lowest BCUT2D eigenvalue weighted by Gasteiger charge is -2.29. The van der Waals surface area contributed by atoms with Gasteiger partial charge < -0.3 is 20.5 Å². The van der Waals surface area contributed by atoms with Crippen LogP contribution in [0, 0.1) is 0 Å². The molecule has 1 aromatic heterocycles. The lowest BCUT2D eigenvalue weighted by molar-refractivity contribution is -0.159. The summed E-state index contributed by atoms with van der Waals surface area (Å²) in [5.74, 6) is -2.89. The van der Waals surface area contributed by atoms with Crippen molar-refractivity contribution >= 4 is 22.8 Å². The van der Waals surface area contributed by atoms with E-state index in [4.69, 9.17) is 19.8 Å². The van der Waals surface area contributed by atoms with E-state index in [-0.39, 0.29) is 0 Å². The van der Waals surface area contributed by atoms with Gasteiger partial charge >= 0.3 is 11.9 Å². The maximum Gasteiger partial charge on any atom is 0.414 e. The Bertz CT molecular complexity index is 948. The van der Waals surface area contributed by atoms with Gasteiger partial charge in [-0.2, -0.15) is 0 Å². The van der Waals surface area contributed by atoms with Crippen LogP contribution in [-0.4, -0.2) is 39.7 Å². The smallest absolute Gasteiger partial charge is 0.414 e. The molecule has 0 atom stereocenters. The minimum Gasteiger partial charge on any atom is -0.473 e. The quantitative estimate of drug-likeness (QED) is 0.474. The average molecular weight is 408 g/mol. The summed E-state index contributed by atoms with van der Waals surface area (Å²) in [4.78, 5) is 21.6. The molecule has 0 spiro atoms. The lowest BCUT2D eigenvalue weighted by atomic mass is 9.82. The summed E-state index contributed by atoms with van der Waals surface area (Å²) >= 11 is 0. The van der Waals surface area contributed by atoms with Crippen LogP contribution in [0.25, 0.3) is 10.9 Å². The fraction of sp³-hybridized carbons (Fsp3) is 0.333. The standard InChI is InChI=1S/C22H26N2.C2H2O4/c1-2-6-17(7-3-1)18-10-12-20(13-11-18)23-15-14-19-16-24-22-9-5-4-8-21(19)22;3-1(4)2(5)6/h1-9,16,18,20,23-24H,10-15H2;(H,3,4)(H,5,6). The molecular formula is C24H28N2O4. The van der Waals surface area contributed by atoms with Crippen LogP contribution in [-0.2, 0) is 16.0 Å². The van der Waals surface area contributed by atoms with Gasteiger partial charge in [0.05, 0.1) is 0 Å². The van der Waals surface area contributed by atoms with Crippen LogP contribution in [0.15, 0.2) is 60.8 Å². The van der Waals surface area contributed by atoms with E-state index < -0.39 is 11.9 Å². The predicted octanol–water partition coefficient (Wildman–Crippen LogP) is 4.18. The number of rotatable bonds is 5. The molecule has 1 saturated carbocycles. The Kier molecular flexibility index (Phi) is 7.63. The molecule has 1 aliphatic rings. The molecule has 6 nitrogen and oxygen atoms in total. The Hall–Kier alpha value is -3.12. The molecule has 0 saturated heterocycles. The van der Waals surface area contributed by atoms with Gasteiger partial charge in [0, 0.05) is 23.1 Å². The Morgan fingerprint density at radius 3 is 2.20 bits per heavy atom. The summed E-state index contributed by atoms with van der Waals surface area (Å²) in [7, 11) is 0. The number of fused-ring (bicyclic) bond motifs is 1. The van der Waals surface area contributed by atoms with Crippen LogP contribution in [0.4, 0.5) is 0 Å². The van der Waals surface area contributed by atoms with Crippen LogP contribution in [0.1, 0.15) is 42.7 Å². The van der Waals surface area contributed by atoms with Gasteiger partial charge in [-0.25, -0.2) is 9.59 Å². The number of H-pyrrole nitrogens is 1. The summed E-state index contributed by atoms with van der Waals surface area (Å²) in [5.41, 5.74) is 4.20. The molecule has 158 valence electrons. The number of para-hydroxylation sites is 1. The second-order valence-electron chi connectivity index (χ2n) is 7.63. The molecule has 2 aromatic carbocycles. The highest BCUT2D eigenvalue weighted by molar-refractivity contribution is 6.27. The number of aromatic amines is 1. The number of carboxylic acids is 2. The summed E-state index contributed by atoms with van der Waals surface area (Å²) in [6.45, 7) is 1.07. The number of carboxylic acid groups (broad SMARTS) is 2. The minimum absolute atomic E-state index is 0.690. The molecule has 0 aliphatic heterocycles. The van der Waals surface area contributed by atoms with Crippen molar-refractivity contribution in [1.82, 2.24) is 10.3 Å². The van der Waals surface area contributed by atoms with E-state index in [1.807, 2.05) is 0 Å². The molecule has 4 N–H and O–H groups in total. The highest BCUT2D eigenvalue weighted by Crippen LogP contribution is 2.32. The van der Waals surface area contributed by atoms with E-state index in [0.29, 0.717) is 6.04 Å². The van der Waals surface area contributed by atoms with Gasteiger partial charge in [-0.15, -0.1) is 0 Å². The molecular weight excluding hydrogens is 380 g/mol. The maximum absolute atomic E-state index is 9.10. The monoisotopic (exact) mass is 408 g/mol. The van der Waals surface area contributed by atoms with E-state index in [9.17, 15) is 0 Å². The highest BCUT2D eigenvalue weighted by atomic mass is 16.4. The van der Waals surface area contributed by atoms with Crippen LogP contribution in [0.3, 0.4) is 0 Å². The molecule has 3 aromatic rings. The summed E-state index contributed by atoms with van der Waals surface area (Å²) < 4.78 is 0. The molecule has 1 aliphatic carbocycles. The second kappa shape index (κ2) is 10.6. The van der Waals surface area contributed by atoms with E-state index in [1.54, 1.807) is 0 Å². The molecule has 1 heterocycles. The van der Waals surface area contributed by atoms with Crippen molar-refractivity contribution in [3.8, 4) is 0 Å². The number of aliphatic carboxylic acids is 2. The summed E-state index contributed by atoms with van der Waals surface area (Å²) in [6.07, 6.45) is 8.49. The Morgan fingerprint density at radius 1 is 0.900 bits per heavy atom. The number of nitrogens with one attached hydrogen (secondary N) is 2. The Labute approximate surface area is 175 Å². The van der Waals surface area contributed by atoms with Gasteiger partial charge in [0.25, 0.3) is 0 Å². The number of carbonyl (C=O) groups is 2.